The number of alkyl carbamates (subject to hydrolysis) is 1. The fourth-order valence-electron chi connectivity index (χ4n) is 1.84. The second-order valence-electron chi connectivity index (χ2n) is 5.82. The molecule has 106 valence electrons. The molecule has 1 aromatic rings. The third kappa shape index (κ3) is 4.67. The average molecular weight is 377 g/mol. The molecule has 6 heteroatoms. The first kappa shape index (κ1) is 14.6. The second kappa shape index (κ2) is 5.68. The molecule has 19 heavy (non-hydrogen) atoms. The van der Waals surface area contributed by atoms with Crippen LogP contribution in [-0.2, 0) is 11.3 Å². The Hall–Kier alpha value is -0.790. The van der Waals surface area contributed by atoms with Gasteiger partial charge < -0.3 is 14.6 Å². The quantitative estimate of drug-likeness (QED) is 0.821. The number of amides is 1. The summed E-state index contributed by atoms with van der Waals surface area (Å²) in [5.41, 5.74) is -0.451. The summed E-state index contributed by atoms with van der Waals surface area (Å²) in [5, 5.41) is 2.77. The van der Waals surface area contributed by atoms with Gasteiger partial charge in [0.15, 0.2) is 0 Å². The van der Waals surface area contributed by atoms with Gasteiger partial charge in [0.25, 0.3) is 0 Å². The van der Waals surface area contributed by atoms with Crippen molar-refractivity contribution in [3.05, 3.63) is 15.7 Å². The number of imidazole rings is 1. The van der Waals surface area contributed by atoms with Gasteiger partial charge >= 0.3 is 6.09 Å². The summed E-state index contributed by atoms with van der Waals surface area (Å²) in [6, 6.07) is 0. The molecule has 1 N–H and O–H groups in total. The zero-order chi connectivity index (χ0) is 14.0. The highest BCUT2D eigenvalue weighted by molar-refractivity contribution is 14.1. The Kier molecular flexibility index (Phi) is 4.37. The highest BCUT2D eigenvalue weighted by atomic mass is 127. The SMILES string of the molecule is CC(C)(C)OC(=O)NCCn1cc(I)nc1C1CC1. The molecule has 0 aromatic carbocycles. The van der Waals surface area contributed by atoms with Gasteiger partial charge in [-0.15, -0.1) is 0 Å². The van der Waals surface area contributed by atoms with E-state index in [2.05, 4.69) is 37.5 Å². The number of hydrogen-bond donors (Lipinski definition) is 1. The van der Waals surface area contributed by atoms with E-state index < -0.39 is 5.60 Å². The molecule has 0 saturated heterocycles. The summed E-state index contributed by atoms with van der Waals surface area (Å²) >= 11 is 2.23. The standard InChI is InChI=1S/C13H20IN3O2/c1-13(2,3)19-12(18)15-6-7-17-8-10(14)16-11(17)9-4-5-9/h8-9H,4-7H2,1-3H3,(H,15,18). The molecule has 1 aliphatic carbocycles. The fourth-order valence-corrected chi connectivity index (χ4v) is 2.42. The van der Waals surface area contributed by atoms with Crippen LogP contribution >= 0.6 is 22.6 Å². The van der Waals surface area contributed by atoms with E-state index in [1.807, 2.05) is 27.0 Å². The number of nitrogens with zero attached hydrogens (tertiary/aromatic N) is 2. The van der Waals surface area contributed by atoms with Crippen molar-refractivity contribution in [2.45, 2.75) is 51.7 Å². The molecule has 5 nitrogen and oxygen atoms in total. The van der Waals surface area contributed by atoms with Crippen LogP contribution in [0.25, 0.3) is 0 Å². The van der Waals surface area contributed by atoms with Crippen LogP contribution in [0.15, 0.2) is 6.20 Å². The molecule has 2 rings (SSSR count). The van der Waals surface area contributed by atoms with Gasteiger partial charge in [0.1, 0.15) is 15.1 Å². The maximum absolute atomic E-state index is 11.5. The van der Waals surface area contributed by atoms with E-state index in [1.165, 1.54) is 12.8 Å². The topological polar surface area (TPSA) is 56.1 Å². The lowest BCUT2D eigenvalue weighted by Crippen LogP contribution is -2.34. The largest absolute Gasteiger partial charge is 0.444 e. The van der Waals surface area contributed by atoms with Crippen LogP contribution in [0.3, 0.4) is 0 Å². The van der Waals surface area contributed by atoms with Crippen molar-refractivity contribution in [2.24, 2.45) is 0 Å². The van der Waals surface area contributed by atoms with Crippen LogP contribution in [0, 0.1) is 3.70 Å². The molecule has 1 amide bonds. The lowest BCUT2D eigenvalue weighted by molar-refractivity contribution is 0.0526. The Morgan fingerprint density at radius 2 is 2.26 bits per heavy atom. The van der Waals surface area contributed by atoms with Crippen LogP contribution in [0.1, 0.15) is 45.4 Å². The Morgan fingerprint density at radius 3 is 2.84 bits per heavy atom. The number of hydrogen-bond acceptors (Lipinski definition) is 3. The van der Waals surface area contributed by atoms with Crippen LogP contribution in [-0.4, -0.2) is 27.8 Å². The summed E-state index contributed by atoms with van der Waals surface area (Å²) in [6.45, 7) is 6.87. The highest BCUT2D eigenvalue weighted by Crippen LogP contribution is 2.39. The third-order valence-corrected chi connectivity index (χ3v) is 3.26. The first-order valence-electron chi connectivity index (χ1n) is 6.54. The zero-order valence-corrected chi connectivity index (χ0v) is 13.7. The number of aromatic nitrogens is 2. The van der Waals surface area contributed by atoms with E-state index in [-0.39, 0.29) is 6.09 Å². The fraction of sp³-hybridized carbons (Fsp3) is 0.692. The van der Waals surface area contributed by atoms with Crippen molar-refractivity contribution in [1.82, 2.24) is 14.9 Å². The van der Waals surface area contributed by atoms with Crippen LogP contribution in [0.4, 0.5) is 4.79 Å². The average Bonchev–Trinajstić information content (AvgIpc) is 3.01. The predicted molar refractivity (Wildman–Crippen MR) is 81.2 cm³/mol. The smallest absolute Gasteiger partial charge is 0.407 e. The van der Waals surface area contributed by atoms with Crippen molar-refractivity contribution >= 4 is 28.7 Å². The van der Waals surface area contributed by atoms with Crippen molar-refractivity contribution in [1.29, 1.82) is 0 Å². The number of rotatable bonds is 4. The van der Waals surface area contributed by atoms with E-state index in [4.69, 9.17) is 4.74 Å². The molecule has 1 fully saturated rings. The zero-order valence-electron chi connectivity index (χ0n) is 11.6. The van der Waals surface area contributed by atoms with Gasteiger partial charge in [0, 0.05) is 25.2 Å². The number of nitrogens with one attached hydrogen (secondary N) is 1. The Morgan fingerprint density at radius 1 is 1.58 bits per heavy atom. The molecule has 0 bridgehead atoms. The number of halogens is 1. The monoisotopic (exact) mass is 377 g/mol. The Balaban J connectivity index is 1.81. The van der Waals surface area contributed by atoms with Crippen molar-refractivity contribution in [3.8, 4) is 0 Å². The van der Waals surface area contributed by atoms with Gasteiger partial charge in [-0.3, -0.25) is 0 Å². The molecule has 1 aliphatic rings. The van der Waals surface area contributed by atoms with E-state index in [9.17, 15) is 4.79 Å². The van der Waals surface area contributed by atoms with Gasteiger partial charge in [-0.25, -0.2) is 9.78 Å². The maximum atomic E-state index is 11.5. The van der Waals surface area contributed by atoms with Crippen molar-refractivity contribution in [3.63, 3.8) is 0 Å². The molecule has 1 aromatic heterocycles. The third-order valence-electron chi connectivity index (χ3n) is 2.74. The maximum Gasteiger partial charge on any atom is 0.407 e. The summed E-state index contributed by atoms with van der Waals surface area (Å²) in [4.78, 5) is 16.1. The minimum absolute atomic E-state index is 0.365. The molecule has 0 spiro atoms. The van der Waals surface area contributed by atoms with Crippen LogP contribution < -0.4 is 5.32 Å². The van der Waals surface area contributed by atoms with Gasteiger partial charge in [-0.2, -0.15) is 0 Å². The minimum Gasteiger partial charge on any atom is -0.444 e. The highest BCUT2D eigenvalue weighted by Gasteiger charge is 2.28. The second-order valence-corrected chi connectivity index (χ2v) is 6.92. The number of carbonyl (C=O) groups is 1. The van der Waals surface area contributed by atoms with Crippen molar-refractivity contribution < 1.29 is 9.53 Å². The molecule has 0 atom stereocenters. The van der Waals surface area contributed by atoms with E-state index in [0.29, 0.717) is 12.5 Å². The first-order chi connectivity index (χ1) is 8.85. The summed E-state index contributed by atoms with van der Waals surface area (Å²) < 4.78 is 8.34. The minimum atomic E-state index is -0.451. The number of ether oxygens (including phenoxy) is 1. The summed E-state index contributed by atoms with van der Waals surface area (Å²) in [7, 11) is 0. The van der Waals surface area contributed by atoms with Gasteiger partial charge in [-0.05, 0) is 56.2 Å². The number of carbonyl (C=O) groups excluding carboxylic acids is 1. The Bertz CT molecular complexity index is 461. The molecule has 1 saturated carbocycles. The Labute approximate surface area is 127 Å². The summed E-state index contributed by atoms with van der Waals surface area (Å²) in [5.74, 6) is 1.76. The lowest BCUT2D eigenvalue weighted by atomic mass is 10.2. The summed E-state index contributed by atoms with van der Waals surface area (Å²) in [6.07, 6.45) is 4.12. The van der Waals surface area contributed by atoms with Gasteiger partial charge in [-0.1, -0.05) is 0 Å². The first-order valence-corrected chi connectivity index (χ1v) is 7.62. The molecular weight excluding hydrogens is 357 g/mol. The van der Waals surface area contributed by atoms with Gasteiger partial charge in [0.05, 0.1) is 0 Å². The molecular formula is C13H20IN3O2. The molecule has 0 aliphatic heterocycles. The molecule has 0 unspecified atom stereocenters. The lowest BCUT2D eigenvalue weighted by Gasteiger charge is -2.19. The van der Waals surface area contributed by atoms with Crippen LogP contribution in [0.5, 0.6) is 0 Å². The van der Waals surface area contributed by atoms with Gasteiger partial charge in [0.2, 0.25) is 0 Å². The molecule has 0 radical (unpaired) electrons. The normalized spacial score (nSPS) is 15.4. The van der Waals surface area contributed by atoms with Crippen molar-refractivity contribution in [2.75, 3.05) is 6.54 Å². The molecule has 1 heterocycles. The van der Waals surface area contributed by atoms with Crippen LogP contribution in [0.2, 0.25) is 0 Å². The predicted octanol–water partition coefficient (Wildman–Crippen LogP) is 2.89. The van der Waals surface area contributed by atoms with E-state index >= 15 is 0 Å². The van der Waals surface area contributed by atoms with E-state index in [0.717, 1.165) is 16.1 Å². The van der Waals surface area contributed by atoms with E-state index in [1.54, 1.807) is 0 Å².